The van der Waals surface area contributed by atoms with Gasteiger partial charge in [0, 0.05) is 24.9 Å². The highest BCUT2D eigenvalue weighted by Gasteiger charge is 2.11. The second kappa shape index (κ2) is 8.11. The van der Waals surface area contributed by atoms with Crippen LogP contribution in [0.25, 0.3) is 0 Å². The lowest BCUT2D eigenvalue weighted by atomic mass is 10.1. The molecule has 1 rings (SSSR count). The number of hydrogen-bond acceptors (Lipinski definition) is 3. The second-order valence-corrected chi connectivity index (χ2v) is 4.79. The fourth-order valence-electron chi connectivity index (χ4n) is 1.82. The molecule has 0 aromatic heterocycles. The molecule has 0 radical (unpaired) electrons. The van der Waals surface area contributed by atoms with Crippen molar-refractivity contribution in [1.29, 1.82) is 0 Å². The molecule has 1 aromatic carbocycles. The highest BCUT2D eigenvalue weighted by atomic mass is 16.5. The lowest BCUT2D eigenvalue weighted by Crippen LogP contribution is -2.26. The third-order valence-electron chi connectivity index (χ3n) is 3.28. The zero-order chi connectivity index (χ0) is 13.4. The first-order valence-electron chi connectivity index (χ1n) is 6.78. The summed E-state index contributed by atoms with van der Waals surface area (Å²) >= 11 is 0. The molecule has 0 saturated carbocycles. The Kier molecular flexibility index (Phi) is 6.76. The number of anilines is 1. The van der Waals surface area contributed by atoms with Crippen LogP contribution in [-0.2, 0) is 4.74 Å². The minimum absolute atomic E-state index is 0.364. The zero-order valence-corrected chi connectivity index (χ0v) is 11.9. The molecule has 0 aliphatic heterocycles. The number of nitrogens with zero attached hydrogens (tertiary/aromatic N) is 1. The van der Waals surface area contributed by atoms with E-state index in [-0.39, 0.29) is 0 Å². The van der Waals surface area contributed by atoms with Gasteiger partial charge < -0.3 is 10.5 Å². The van der Waals surface area contributed by atoms with E-state index in [9.17, 15) is 0 Å². The third-order valence-corrected chi connectivity index (χ3v) is 3.28. The van der Waals surface area contributed by atoms with Crippen molar-refractivity contribution in [2.24, 2.45) is 0 Å². The van der Waals surface area contributed by atoms with Gasteiger partial charge in [0.1, 0.15) is 0 Å². The largest absolute Gasteiger partial charge is 0.399 e. The van der Waals surface area contributed by atoms with Crippen molar-refractivity contribution < 1.29 is 4.74 Å². The number of benzene rings is 1. The molecule has 0 fully saturated rings. The molecule has 18 heavy (non-hydrogen) atoms. The molecule has 2 N–H and O–H groups in total. The second-order valence-electron chi connectivity index (χ2n) is 4.79. The number of unbranched alkanes of at least 4 members (excludes halogenated alkanes) is 1. The van der Waals surface area contributed by atoms with E-state index in [0.717, 1.165) is 31.9 Å². The molecular weight excluding hydrogens is 224 g/mol. The summed E-state index contributed by atoms with van der Waals surface area (Å²) in [4.78, 5) is 2.29. The Morgan fingerprint density at radius 2 is 2.11 bits per heavy atom. The van der Waals surface area contributed by atoms with Crippen LogP contribution < -0.4 is 5.73 Å². The summed E-state index contributed by atoms with van der Waals surface area (Å²) in [5.74, 6) is 0. The maximum Gasteiger partial charge on any atom is 0.0593 e. The summed E-state index contributed by atoms with van der Waals surface area (Å²) in [6.45, 7) is 6.98. The first-order valence-corrected chi connectivity index (χ1v) is 6.78. The van der Waals surface area contributed by atoms with Gasteiger partial charge in [-0.15, -0.1) is 0 Å². The van der Waals surface area contributed by atoms with Crippen LogP contribution in [0.3, 0.4) is 0 Å². The summed E-state index contributed by atoms with van der Waals surface area (Å²) in [7, 11) is 2.12. The Bertz CT molecular complexity index is 341. The van der Waals surface area contributed by atoms with Crippen molar-refractivity contribution >= 4 is 5.69 Å². The van der Waals surface area contributed by atoms with Crippen LogP contribution in [0.4, 0.5) is 5.69 Å². The molecule has 102 valence electrons. The van der Waals surface area contributed by atoms with Gasteiger partial charge in [-0.05, 0) is 38.1 Å². The molecular formula is C15H26N2O. The first-order chi connectivity index (χ1) is 8.65. The lowest BCUT2D eigenvalue weighted by molar-refractivity contribution is 0.0988. The molecule has 0 saturated heterocycles. The van der Waals surface area contributed by atoms with Gasteiger partial charge in [0.25, 0.3) is 0 Å². The van der Waals surface area contributed by atoms with Crippen molar-refractivity contribution in [3.8, 4) is 0 Å². The van der Waals surface area contributed by atoms with E-state index < -0.39 is 0 Å². The number of rotatable bonds is 8. The van der Waals surface area contributed by atoms with E-state index in [1.54, 1.807) is 0 Å². The van der Waals surface area contributed by atoms with Gasteiger partial charge in [0.2, 0.25) is 0 Å². The number of nitrogens with two attached hydrogens (primary N) is 1. The highest BCUT2D eigenvalue weighted by molar-refractivity contribution is 5.41. The van der Waals surface area contributed by atoms with Gasteiger partial charge in [-0.25, -0.2) is 0 Å². The van der Waals surface area contributed by atoms with Crippen LogP contribution in [-0.4, -0.2) is 31.7 Å². The van der Waals surface area contributed by atoms with Crippen LogP contribution in [0.5, 0.6) is 0 Å². The Morgan fingerprint density at radius 3 is 2.78 bits per heavy atom. The van der Waals surface area contributed by atoms with E-state index >= 15 is 0 Å². The van der Waals surface area contributed by atoms with Crippen molar-refractivity contribution in [2.75, 3.05) is 32.5 Å². The van der Waals surface area contributed by atoms with Gasteiger partial charge in [0.15, 0.2) is 0 Å². The van der Waals surface area contributed by atoms with E-state index in [2.05, 4.69) is 31.9 Å². The molecule has 0 bridgehead atoms. The van der Waals surface area contributed by atoms with Gasteiger partial charge in [0.05, 0.1) is 6.61 Å². The number of ether oxygens (including phenoxy) is 1. The highest BCUT2D eigenvalue weighted by Crippen LogP contribution is 2.20. The number of nitrogen functional groups attached to an aromatic ring is 1. The summed E-state index contributed by atoms with van der Waals surface area (Å²) in [6.07, 6.45) is 2.34. The molecule has 1 atom stereocenters. The predicted octanol–water partition coefficient (Wildman–Crippen LogP) is 3.08. The first kappa shape index (κ1) is 15.0. The monoisotopic (exact) mass is 250 g/mol. The summed E-state index contributed by atoms with van der Waals surface area (Å²) in [5.41, 5.74) is 7.89. The van der Waals surface area contributed by atoms with E-state index in [4.69, 9.17) is 10.5 Å². The van der Waals surface area contributed by atoms with Gasteiger partial charge in [-0.1, -0.05) is 25.5 Å². The standard InChI is InChI=1S/C15H26N2O/c1-4-5-10-18-11-9-17(3)13(2)14-7-6-8-15(16)12-14/h6-8,12-13H,4-5,9-11,16H2,1-3H3. The number of likely N-dealkylation sites (N-methyl/N-ethyl adjacent to an activating group) is 1. The van der Waals surface area contributed by atoms with Gasteiger partial charge in [-0.2, -0.15) is 0 Å². The Labute approximate surface area is 111 Å². The third kappa shape index (κ3) is 5.07. The van der Waals surface area contributed by atoms with Gasteiger partial charge >= 0.3 is 0 Å². The van der Waals surface area contributed by atoms with Crippen LogP contribution >= 0.6 is 0 Å². The fraction of sp³-hybridized carbons (Fsp3) is 0.600. The van der Waals surface area contributed by atoms with Crippen molar-refractivity contribution in [1.82, 2.24) is 4.90 Å². The average Bonchev–Trinajstić information content (AvgIpc) is 2.37. The van der Waals surface area contributed by atoms with Crippen LogP contribution in [0.1, 0.15) is 38.3 Å². The molecule has 0 aliphatic rings. The van der Waals surface area contributed by atoms with Crippen molar-refractivity contribution in [2.45, 2.75) is 32.7 Å². The summed E-state index contributed by atoms with van der Waals surface area (Å²) < 4.78 is 5.59. The molecule has 0 amide bonds. The Balaban J connectivity index is 2.34. The minimum atomic E-state index is 0.364. The maximum atomic E-state index is 5.81. The molecule has 1 aromatic rings. The van der Waals surface area contributed by atoms with E-state index in [1.807, 2.05) is 18.2 Å². The molecule has 3 nitrogen and oxygen atoms in total. The molecule has 3 heteroatoms. The topological polar surface area (TPSA) is 38.5 Å². The zero-order valence-electron chi connectivity index (χ0n) is 11.9. The summed E-state index contributed by atoms with van der Waals surface area (Å²) in [6, 6.07) is 8.45. The summed E-state index contributed by atoms with van der Waals surface area (Å²) in [5, 5.41) is 0. The molecule has 0 spiro atoms. The Morgan fingerprint density at radius 1 is 1.33 bits per heavy atom. The number of hydrogen-bond donors (Lipinski definition) is 1. The SMILES string of the molecule is CCCCOCCN(C)C(C)c1cccc(N)c1. The minimum Gasteiger partial charge on any atom is -0.399 e. The molecule has 1 unspecified atom stereocenters. The lowest BCUT2D eigenvalue weighted by Gasteiger charge is -2.25. The van der Waals surface area contributed by atoms with E-state index in [1.165, 1.54) is 12.0 Å². The average molecular weight is 250 g/mol. The quantitative estimate of drug-likeness (QED) is 0.569. The van der Waals surface area contributed by atoms with Gasteiger partial charge in [-0.3, -0.25) is 4.90 Å². The van der Waals surface area contributed by atoms with Crippen molar-refractivity contribution in [3.05, 3.63) is 29.8 Å². The maximum absolute atomic E-state index is 5.81. The van der Waals surface area contributed by atoms with Crippen LogP contribution in [0.2, 0.25) is 0 Å². The van der Waals surface area contributed by atoms with E-state index in [0.29, 0.717) is 6.04 Å². The smallest absolute Gasteiger partial charge is 0.0593 e. The molecule has 0 heterocycles. The molecule has 0 aliphatic carbocycles. The normalized spacial score (nSPS) is 12.9. The van der Waals surface area contributed by atoms with Crippen LogP contribution in [0.15, 0.2) is 24.3 Å². The fourth-order valence-corrected chi connectivity index (χ4v) is 1.82. The van der Waals surface area contributed by atoms with Crippen molar-refractivity contribution in [3.63, 3.8) is 0 Å². The van der Waals surface area contributed by atoms with Crippen LogP contribution in [0, 0.1) is 0 Å². The predicted molar refractivity (Wildman–Crippen MR) is 77.6 cm³/mol. The Hall–Kier alpha value is -1.06.